The van der Waals surface area contributed by atoms with Crippen molar-refractivity contribution in [3.63, 3.8) is 0 Å². The summed E-state index contributed by atoms with van der Waals surface area (Å²) in [5.74, 6) is 0. The fourth-order valence-electron chi connectivity index (χ4n) is 0.778. The summed E-state index contributed by atoms with van der Waals surface area (Å²) in [5, 5.41) is 2.12. The van der Waals surface area contributed by atoms with Crippen LogP contribution in [-0.2, 0) is 6.54 Å². The van der Waals surface area contributed by atoms with Crippen molar-refractivity contribution in [2.75, 3.05) is 4.43 Å². The van der Waals surface area contributed by atoms with Crippen LogP contribution >= 0.6 is 33.9 Å². The van der Waals surface area contributed by atoms with Gasteiger partial charge in [-0.25, -0.2) is 0 Å². The third-order valence-electron chi connectivity index (χ3n) is 1.33. The zero-order chi connectivity index (χ0) is 7.23. The first-order valence-electron chi connectivity index (χ1n) is 3.40. The van der Waals surface area contributed by atoms with Crippen LogP contribution < -0.4 is 28.5 Å². The van der Waals surface area contributed by atoms with Crippen molar-refractivity contribution in [1.82, 2.24) is 0 Å². The molecule has 0 amide bonds. The minimum absolute atomic E-state index is 0. The molecular formula is C7H11I2NS. The summed E-state index contributed by atoms with van der Waals surface area (Å²) in [4.78, 5) is 0. The highest BCUT2D eigenvalue weighted by atomic mass is 127. The lowest BCUT2D eigenvalue weighted by atomic mass is 10.3. The molecule has 1 aromatic rings. The normalized spacial score (nSPS) is 9.18. The van der Waals surface area contributed by atoms with Crippen molar-refractivity contribution >= 4 is 33.9 Å². The van der Waals surface area contributed by atoms with Gasteiger partial charge in [0, 0.05) is 6.42 Å². The molecule has 0 aliphatic carbocycles. The van der Waals surface area contributed by atoms with Crippen LogP contribution in [-0.4, -0.2) is 4.43 Å². The highest BCUT2D eigenvalue weighted by Gasteiger charge is 1.97. The monoisotopic (exact) mass is 395 g/mol. The Kier molecular flexibility index (Phi) is 8.49. The van der Waals surface area contributed by atoms with Crippen LogP contribution in [0.4, 0.5) is 0 Å². The van der Waals surface area contributed by atoms with Crippen molar-refractivity contribution in [1.29, 1.82) is 0 Å². The third kappa shape index (κ3) is 5.35. The van der Waals surface area contributed by atoms with Crippen LogP contribution in [0.2, 0.25) is 0 Å². The van der Waals surface area contributed by atoms with E-state index < -0.39 is 0 Å². The van der Waals surface area contributed by atoms with Gasteiger partial charge in [-0.15, -0.1) is 0 Å². The maximum atomic E-state index is 2.42. The molecule has 0 aromatic carbocycles. The Morgan fingerprint density at radius 2 is 2.18 bits per heavy atom. The summed E-state index contributed by atoms with van der Waals surface area (Å²) in [7, 11) is 0. The second-order valence-corrected chi connectivity index (χ2v) is 3.99. The van der Waals surface area contributed by atoms with Crippen molar-refractivity contribution in [2.45, 2.75) is 19.4 Å². The third-order valence-corrected chi connectivity index (χ3v) is 2.76. The Labute approximate surface area is 102 Å². The van der Waals surface area contributed by atoms with Gasteiger partial charge >= 0.3 is 0 Å². The quantitative estimate of drug-likeness (QED) is 0.274. The number of unbranched alkanes of at least 4 members (excludes halogenated alkanes) is 1. The topological polar surface area (TPSA) is 3.88 Å². The van der Waals surface area contributed by atoms with Crippen molar-refractivity contribution in [3.05, 3.63) is 17.1 Å². The molecule has 4 heteroatoms. The predicted molar refractivity (Wildman–Crippen MR) is 52.6 cm³/mol. The molecule has 11 heavy (non-hydrogen) atoms. The van der Waals surface area contributed by atoms with E-state index in [9.17, 15) is 0 Å². The number of aryl methyl sites for hydroxylation is 1. The number of hydrogen-bond donors (Lipinski definition) is 0. The molecule has 64 valence electrons. The van der Waals surface area contributed by atoms with E-state index in [1.165, 1.54) is 23.8 Å². The number of nitrogens with zero attached hydrogens (tertiary/aromatic N) is 1. The molecule has 0 fully saturated rings. The number of thiazole rings is 1. The Morgan fingerprint density at radius 3 is 2.73 bits per heavy atom. The van der Waals surface area contributed by atoms with Crippen LogP contribution in [0.15, 0.2) is 17.1 Å². The molecule has 1 heterocycles. The standard InChI is InChI=1S/C7H11INS.HI/c8-3-1-2-4-9-5-6-10-7-9;/h5-7H,1-4H2;1H/q+1;/p-1. The largest absolute Gasteiger partial charge is 1.00 e. The second kappa shape index (κ2) is 7.72. The summed E-state index contributed by atoms with van der Waals surface area (Å²) in [6.45, 7) is 1.19. The van der Waals surface area contributed by atoms with Gasteiger partial charge in [-0.1, -0.05) is 33.9 Å². The van der Waals surface area contributed by atoms with E-state index >= 15 is 0 Å². The van der Waals surface area contributed by atoms with E-state index in [2.05, 4.69) is 44.2 Å². The summed E-state index contributed by atoms with van der Waals surface area (Å²) < 4.78 is 3.53. The zero-order valence-corrected chi connectivity index (χ0v) is 11.3. The van der Waals surface area contributed by atoms with Crippen molar-refractivity contribution in [2.24, 2.45) is 0 Å². The first-order valence-corrected chi connectivity index (χ1v) is 5.87. The Morgan fingerprint density at radius 1 is 1.36 bits per heavy atom. The molecule has 1 rings (SSSR count). The smallest absolute Gasteiger partial charge is 0.224 e. The molecule has 0 saturated carbocycles. The average Bonchev–Trinajstić information content (AvgIpc) is 2.41. The summed E-state index contributed by atoms with van der Waals surface area (Å²) in [6, 6.07) is 0. The average molecular weight is 395 g/mol. The Balaban J connectivity index is 0.000001000. The lowest BCUT2D eigenvalue weighted by molar-refractivity contribution is -0.692. The van der Waals surface area contributed by atoms with Crippen molar-refractivity contribution in [3.8, 4) is 0 Å². The van der Waals surface area contributed by atoms with Crippen LogP contribution in [0.1, 0.15) is 12.8 Å². The highest BCUT2D eigenvalue weighted by Crippen LogP contribution is 1.95. The molecule has 0 aliphatic rings. The maximum Gasteiger partial charge on any atom is 0.224 e. The van der Waals surface area contributed by atoms with Crippen LogP contribution in [0.5, 0.6) is 0 Å². The molecule has 0 unspecified atom stereocenters. The summed E-state index contributed by atoms with van der Waals surface area (Å²) in [5.41, 5.74) is 2.16. The van der Waals surface area contributed by atoms with Gasteiger partial charge in [0.2, 0.25) is 5.51 Å². The van der Waals surface area contributed by atoms with Gasteiger partial charge in [-0.3, -0.25) is 0 Å². The SMILES string of the molecule is ICCCC[n+]1ccsc1.[I-]. The van der Waals surface area contributed by atoms with Crippen LogP contribution in [0.25, 0.3) is 0 Å². The fourth-order valence-corrected chi connectivity index (χ4v) is 1.95. The molecule has 1 aromatic heterocycles. The van der Waals surface area contributed by atoms with Crippen molar-refractivity contribution < 1.29 is 28.5 Å². The number of hydrogen-bond acceptors (Lipinski definition) is 1. The molecular weight excluding hydrogens is 384 g/mol. The van der Waals surface area contributed by atoms with Gasteiger partial charge in [0.15, 0.2) is 6.20 Å². The summed E-state index contributed by atoms with van der Waals surface area (Å²) in [6.07, 6.45) is 4.78. The molecule has 0 saturated heterocycles. The van der Waals surface area contributed by atoms with E-state index in [0.29, 0.717) is 0 Å². The first-order chi connectivity index (χ1) is 4.93. The molecule has 0 atom stereocenters. The molecule has 0 spiro atoms. The van der Waals surface area contributed by atoms with Gasteiger partial charge in [0.25, 0.3) is 0 Å². The Bertz CT molecular complexity index is 165. The Hall–Kier alpha value is 1.09. The van der Waals surface area contributed by atoms with E-state index in [1.807, 2.05) is 0 Å². The zero-order valence-electron chi connectivity index (χ0n) is 6.17. The van der Waals surface area contributed by atoms with Gasteiger partial charge in [-0.2, -0.15) is 4.57 Å². The lowest BCUT2D eigenvalue weighted by Crippen LogP contribution is -3.00. The number of halogens is 2. The van der Waals surface area contributed by atoms with Crippen LogP contribution in [0.3, 0.4) is 0 Å². The van der Waals surface area contributed by atoms with E-state index in [1.54, 1.807) is 11.3 Å². The minimum atomic E-state index is 0. The van der Waals surface area contributed by atoms with Gasteiger partial charge in [0.1, 0.15) is 6.54 Å². The second-order valence-electron chi connectivity index (χ2n) is 2.16. The maximum absolute atomic E-state index is 2.42. The van der Waals surface area contributed by atoms with Gasteiger partial charge in [-0.05, 0) is 10.8 Å². The molecule has 1 nitrogen and oxygen atoms in total. The number of alkyl halides is 1. The number of rotatable bonds is 4. The first kappa shape index (κ1) is 12.1. The van der Waals surface area contributed by atoms with E-state index in [-0.39, 0.29) is 24.0 Å². The van der Waals surface area contributed by atoms with Gasteiger partial charge < -0.3 is 24.0 Å². The molecule has 0 aliphatic heterocycles. The molecule has 0 bridgehead atoms. The predicted octanol–water partition coefficient (Wildman–Crippen LogP) is -0.745. The molecule has 0 radical (unpaired) electrons. The summed E-state index contributed by atoms with van der Waals surface area (Å²) >= 11 is 4.18. The van der Waals surface area contributed by atoms with Crippen LogP contribution in [0, 0.1) is 0 Å². The van der Waals surface area contributed by atoms with Gasteiger partial charge in [0.05, 0.1) is 5.38 Å². The lowest BCUT2D eigenvalue weighted by Gasteiger charge is -1.89. The highest BCUT2D eigenvalue weighted by molar-refractivity contribution is 14.1. The fraction of sp³-hybridized carbons (Fsp3) is 0.571. The van der Waals surface area contributed by atoms with E-state index in [0.717, 1.165) is 0 Å². The minimum Gasteiger partial charge on any atom is -1.00 e. The van der Waals surface area contributed by atoms with E-state index in [4.69, 9.17) is 0 Å². The molecule has 0 N–H and O–H groups in total. The number of aromatic nitrogens is 1.